The number of hydrogen-bond donors (Lipinski definition) is 1. The zero-order valence-electron chi connectivity index (χ0n) is 15.8. The molecule has 5 rings (SSSR count). The molecule has 29 heavy (non-hydrogen) atoms. The van der Waals surface area contributed by atoms with Crippen LogP contribution in [0.15, 0.2) is 53.9 Å². The number of fused-ring (bicyclic) bond motifs is 2. The average Bonchev–Trinajstić information content (AvgIpc) is 3.39. The average molecular weight is 405 g/mol. The second-order valence-electron chi connectivity index (χ2n) is 6.66. The lowest BCUT2D eigenvalue weighted by Gasteiger charge is -2.11. The number of anilines is 1. The number of nitrogens with one attached hydrogen (secondary N) is 1. The molecule has 0 fully saturated rings. The first-order chi connectivity index (χ1) is 14.3. The Hall–Kier alpha value is -3.16. The molecule has 0 aliphatic carbocycles. The smallest absolute Gasteiger partial charge is 0.231 e. The van der Waals surface area contributed by atoms with E-state index in [4.69, 9.17) is 19.2 Å². The van der Waals surface area contributed by atoms with Crippen LogP contribution in [0.5, 0.6) is 11.5 Å². The molecule has 0 radical (unpaired) electrons. The Bertz CT molecular complexity index is 1160. The summed E-state index contributed by atoms with van der Waals surface area (Å²) in [6.07, 6.45) is 0. The van der Waals surface area contributed by atoms with Crippen molar-refractivity contribution in [3.63, 3.8) is 0 Å². The molecule has 146 valence electrons. The highest BCUT2D eigenvalue weighted by molar-refractivity contribution is 7.17. The lowest BCUT2D eigenvalue weighted by Crippen LogP contribution is -2.06. The maximum atomic E-state index is 5.49. The number of ether oxygens (including phenoxy) is 3. The van der Waals surface area contributed by atoms with Crippen LogP contribution >= 0.6 is 11.3 Å². The van der Waals surface area contributed by atoms with Crippen molar-refractivity contribution in [2.24, 2.45) is 0 Å². The lowest BCUT2D eigenvalue weighted by molar-refractivity contribution is 0.174. The van der Waals surface area contributed by atoms with E-state index in [2.05, 4.69) is 27.8 Å². The molecule has 4 aromatic rings. The van der Waals surface area contributed by atoms with Gasteiger partial charge in [-0.1, -0.05) is 36.4 Å². The van der Waals surface area contributed by atoms with E-state index in [1.54, 1.807) is 18.4 Å². The third-order valence-electron chi connectivity index (χ3n) is 4.74. The molecule has 3 heterocycles. The van der Waals surface area contributed by atoms with Gasteiger partial charge in [-0.05, 0) is 23.3 Å². The summed E-state index contributed by atoms with van der Waals surface area (Å²) in [5.41, 5.74) is 3.36. The monoisotopic (exact) mass is 405 g/mol. The van der Waals surface area contributed by atoms with Crippen molar-refractivity contribution in [2.75, 3.05) is 19.2 Å². The Balaban J connectivity index is 1.52. The predicted octanol–water partition coefficient (Wildman–Crippen LogP) is 4.85. The molecule has 7 heteroatoms. The van der Waals surface area contributed by atoms with Crippen molar-refractivity contribution in [3.8, 4) is 22.6 Å². The fraction of sp³-hybridized carbons (Fsp3) is 0.182. The minimum Gasteiger partial charge on any atom is -0.454 e. The number of nitrogens with zero attached hydrogens (tertiary/aromatic N) is 2. The summed E-state index contributed by atoms with van der Waals surface area (Å²) in [6, 6.07) is 16.3. The molecule has 1 N–H and O–H groups in total. The van der Waals surface area contributed by atoms with Crippen LogP contribution in [0.25, 0.3) is 21.3 Å². The van der Waals surface area contributed by atoms with Gasteiger partial charge in [-0.3, -0.25) is 0 Å². The van der Waals surface area contributed by atoms with Gasteiger partial charge in [-0.25, -0.2) is 9.97 Å². The zero-order chi connectivity index (χ0) is 19.6. The molecular formula is C22H19N3O3S. The Labute approximate surface area is 172 Å². The van der Waals surface area contributed by atoms with E-state index in [0.717, 1.165) is 44.2 Å². The highest BCUT2D eigenvalue weighted by atomic mass is 32.1. The number of thiophene rings is 1. The first-order valence-electron chi connectivity index (χ1n) is 9.26. The molecule has 2 aromatic carbocycles. The zero-order valence-corrected chi connectivity index (χ0v) is 16.7. The van der Waals surface area contributed by atoms with Gasteiger partial charge < -0.3 is 19.5 Å². The van der Waals surface area contributed by atoms with Crippen molar-refractivity contribution in [3.05, 3.63) is 65.3 Å². The normalized spacial score (nSPS) is 12.4. The predicted molar refractivity (Wildman–Crippen MR) is 113 cm³/mol. The minimum atomic E-state index is 0.272. The number of aromatic nitrogens is 2. The molecule has 0 saturated heterocycles. The van der Waals surface area contributed by atoms with Crippen LogP contribution < -0.4 is 14.8 Å². The molecule has 0 atom stereocenters. The van der Waals surface area contributed by atoms with Crippen molar-refractivity contribution in [2.45, 2.75) is 13.2 Å². The maximum absolute atomic E-state index is 5.49. The minimum absolute atomic E-state index is 0.272. The molecule has 1 aliphatic heterocycles. The summed E-state index contributed by atoms with van der Waals surface area (Å²) in [5, 5.41) is 6.66. The van der Waals surface area contributed by atoms with E-state index in [1.165, 1.54) is 0 Å². The third-order valence-corrected chi connectivity index (χ3v) is 5.61. The highest BCUT2D eigenvalue weighted by Crippen LogP contribution is 2.37. The number of methoxy groups -OCH3 is 1. The van der Waals surface area contributed by atoms with Crippen LogP contribution in [0.3, 0.4) is 0 Å². The summed E-state index contributed by atoms with van der Waals surface area (Å²) in [6.45, 7) is 1.25. The summed E-state index contributed by atoms with van der Waals surface area (Å²) < 4.78 is 16.1. The molecule has 0 bridgehead atoms. The van der Waals surface area contributed by atoms with Crippen LogP contribution in [-0.2, 0) is 17.9 Å². The van der Waals surface area contributed by atoms with E-state index >= 15 is 0 Å². The quantitative estimate of drug-likeness (QED) is 0.495. The van der Waals surface area contributed by atoms with E-state index in [9.17, 15) is 0 Å². The second kappa shape index (κ2) is 7.69. The molecule has 6 nitrogen and oxygen atoms in total. The maximum Gasteiger partial charge on any atom is 0.231 e. The number of benzene rings is 2. The number of rotatable bonds is 6. The molecular weight excluding hydrogens is 386 g/mol. The van der Waals surface area contributed by atoms with E-state index in [1.807, 2.05) is 36.4 Å². The van der Waals surface area contributed by atoms with Gasteiger partial charge in [0, 0.05) is 24.6 Å². The summed E-state index contributed by atoms with van der Waals surface area (Å²) in [5.74, 6) is 3.02. The van der Waals surface area contributed by atoms with E-state index < -0.39 is 0 Å². The van der Waals surface area contributed by atoms with Crippen LogP contribution in [0, 0.1) is 0 Å². The molecule has 0 spiro atoms. The van der Waals surface area contributed by atoms with Crippen LogP contribution in [0.2, 0.25) is 0 Å². The second-order valence-corrected chi connectivity index (χ2v) is 7.52. The fourth-order valence-corrected chi connectivity index (χ4v) is 4.34. The Morgan fingerprint density at radius 1 is 1.07 bits per heavy atom. The molecule has 0 saturated carbocycles. The van der Waals surface area contributed by atoms with Gasteiger partial charge in [0.05, 0.1) is 5.39 Å². The molecule has 1 aliphatic rings. The summed E-state index contributed by atoms with van der Waals surface area (Å²) in [4.78, 5) is 10.4. The standard InChI is InChI=1S/C22H19N3O3S/c1-26-11-19-24-21(23-10-14-7-8-17-18(9-14)28-13-27-17)20-16(12-29-22(20)25-19)15-5-3-2-4-6-15/h2-9,12H,10-11,13H2,1H3,(H,23,24,25). The summed E-state index contributed by atoms with van der Waals surface area (Å²) >= 11 is 1.62. The van der Waals surface area contributed by atoms with Gasteiger partial charge in [0.1, 0.15) is 17.3 Å². The van der Waals surface area contributed by atoms with Crippen LogP contribution in [0.4, 0.5) is 5.82 Å². The van der Waals surface area contributed by atoms with E-state index in [0.29, 0.717) is 19.0 Å². The Kier molecular flexibility index (Phi) is 4.75. The van der Waals surface area contributed by atoms with Gasteiger partial charge in [0.25, 0.3) is 0 Å². The van der Waals surface area contributed by atoms with Gasteiger partial charge in [0.2, 0.25) is 6.79 Å². The highest BCUT2D eigenvalue weighted by Gasteiger charge is 2.17. The van der Waals surface area contributed by atoms with Gasteiger partial charge in [-0.2, -0.15) is 0 Å². The van der Waals surface area contributed by atoms with Crippen LogP contribution in [-0.4, -0.2) is 23.9 Å². The van der Waals surface area contributed by atoms with Gasteiger partial charge in [0.15, 0.2) is 17.3 Å². The van der Waals surface area contributed by atoms with E-state index in [-0.39, 0.29) is 6.79 Å². The van der Waals surface area contributed by atoms with Crippen LogP contribution in [0.1, 0.15) is 11.4 Å². The summed E-state index contributed by atoms with van der Waals surface area (Å²) in [7, 11) is 1.65. The Morgan fingerprint density at radius 2 is 1.93 bits per heavy atom. The first-order valence-corrected chi connectivity index (χ1v) is 10.1. The van der Waals surface area contributed by atoms with Crippen molar-refractivity contribution in [1.82, 2.24) is 9.97 Å². The van der Waals surface area contributed by atoms with Gasteiger partial charge in [-0.15, -0.1) is 11.3 Å². The van der Waals surface area contributed by atoms with Crippen molar-refractivity contribution in [1.29, 1.82) is 0 Å². The third kappa shape index (κ3) is 3.50. The van der Waals surface area contributed by atoms with Crippen molar-refractivity contribution >= 4 is 27.4 Å². The largest absolute Gasteiger partial charge is 0.454 e. The van der Waals surface area contributed by atoms with Gasteiger partial charge >= 0.3 is 0 Å². The van der Waals surface area contributed by atoms with Crippen molar-refractivity contribution < 1.29 is 14.2 Å². The topological polar surface area (TPSA) is 65.5 Å². The lowest BCUT2D eigenvalue weighted by atomic mass is 10.1. The molecule has 2 aromatic heterocycles. The first kappa shape index (κ1) is 17.9. The molecule has 0 amide bonds. The Morgan fingerprint density at radius 3 is 2.79 bits per heavy atom. The SMILES string of the molecule is COCc1nc(NCc2ccc3c(c2)OCO3)c2c(-c3ccccc3)csc2n1. The molecule has 0 unspecified atom stereocenters. The number of hydrogen-bond acceptors (Lipinski definition) is 7. The fourth-order valence-electron chi connectivity index (χ4n) is 3.37.